The van der Waals surface area contributed by atoms with Crippen molar-refractivity contribution in [2.75, 3.05) is 47.0 Å². The number of nitrogens with zero attached hydrogens (tertiary/aromatic N) is 2. The molecular formula is C13H25N3O5. The van der Waals surface area contributed by atoms with Gasteiger partial charge in [0.25, 0.3) is 0 Å². The highest BCUT2D eigenvalue weighted by Crippen LogP contribution is 2.19. The molecule has 1 heterocycles. The number of carbonyl (C=O) groups excluding carboxylic acids is 2. The molecule has 0 bridgehead atoms. The summed E-state index contributed by atoms with van der Waals surface area (Å²) in [5.74, 6) is -0.607. The van der Waals surface area contributed by atoms with E-state index in [1.54, 1.807) is 19.0 Å². The van der Waals surface area contributed by atoms with Gasteiger partial charge < -0.3 is 30.4 Å². The molecule has 0 radical (unpaired) electrons. The van der Waals surface area contributed by atoms with Crippen LogP contribution in [0.5, 0.6) is 0 Å². The zero-order valence-electron chi connectivity index (χ0n) is 12.6. The second kappa shape index (κ2) is 7.58. The van der Waals surface area contributed by atoms with Crippen LogP contribution >= 0.6 is 0 Å². The standard InChI is InChI=1S/C13H25N3O5/c1-15(2)12(21)16-5-3-10(4-6-16)11(20)14-13(7-17,8-18)9-19/h10,17-19H,3-9H2,1-2H3,(H,14,20). The Kier molecular flexibility index (Phi) is 6.38. The van der Waals surface area contributed by atoms with Crippen LogP contribution in [0, 0.1) is 5.92 Å². The summed E-state index contributed by atoms with van der Waals surface area (Å²) in [6, 6.07) is -0.0794. The number of hydrogen-bond donors (Lipinski definition) is 4. The van der Waals surface area contributed by atoms with E-state index in [0.29, 0.717) is 25.9 Å². The molecule has 3 amide bonds. The molecule has 0 atom stereocenters. The van der Waals surface area contributed by atoms with E-state index in [1.807, 2.05) is 0 Å². The first-order valence-electron chi connectivity index (χ1n) is 7.00. The zero-order chi connectivity index (χ0) is 16.0. The van der Waals surface area contributed by atoms with Crippen LogP contribution in [0.25, 0.3) is 0 Å². The van der Waals surface area contributed by atoms with Gasteiger partial charge in [-0.15, -0.1) is 0 Å². The van der Waals surface area contributed by atoms with Crippen molar-refractivity contribution < 1.29 is 24.9 Å². The Hall–Kier alpha value is -1.38. The molecule has 0 aliphatic carbocycles. The van der Waals surface area contributed by atoms with Crippen LogP contribution in [0.3, 0.4) is 0 Å². The van der Waals surface area contributed by atoms with Gasteiger partial charge in [0, 0.05) is 33.1 Å². The van der Waals surface area contributed by atoms with Crippen molar-refractivity contribution in [3.8, 4) is 0 Å². The van der Waals surface area contributed by atoms with Gasteiger partial charge in [0.2, 0.25) is 5.91 Å². The summed E-state index contributed by atoms with van der Waals surface area (Å²) in [6.45, 7) is -0.643. The molecule has 0 aromatic heterocycles. The number of carbonyl (C=O) groups is 2. The van der Waals surface area contributed by atoms with Crippen molar-refractivity contribution in [2.24, 2.45) is 5.92 Å². The lowest BCUT2D eigenvalue weighted by Crippen LogP contribution is -2.59. The first kappa shape index (κ1) is 17.7. The molecule has 8 nitrogen and oxygen atoms in total. The molecule has 122 valence electrons. The predicted octanol–water partition coefficient (Wildman–Crippen LogP) is -1.79. The zero-order valence-corrected chi connectivity index (χ0v) is 12.6. The Morgan fingerprint density at radius 2 is 1.62 bits per heavy atom. The molecule has 0 aromatic carbocycles. The Balaban J connectivity index is 2.54. The number of urea groups is 1. The topological polar surface area (TPSA) is 113 Å². The van der Waals surface area contributed by atoms with Gasteiger partial charge in [-0.25, -0.2) is 4.79 Å². The fourth-order valence-corrected chi connectivity index (χ4v) is 2.25. The number of nitrogens with one attached hydrogen (secondary N) is 1. The minimum absolute atomic E-state index is 0.0794. The highest BCUT2D eigenvalue weighted by Gasteiger charge is 2.34. The third kappa shape index (κ3) is 4.29. The van der Waals surface area contributed by atoms with Crippen molar-refractivity contribution in [3.05, 3.63) is 0 Å². The molecule has 1 aliphatic heterocycles. The van der Waals surface area contributed by atoms with Crippen LogP contribution in [-0.2, 0) is 4.79 Å². The molecular weight excluding hydrogens is 278 g/mol. The molecule has 0 spiro atoms. The second-order valence-corrected chi connectivity index (χ2v) is 5.68. The van der Waals surface area contributed by atoms with Crippen LogP contribution in [-0.4, -0.2) is 89.6 Å². The summed E-state index contributed by atoms with van der Waals surface area (Å²) in [5, 5.41) is 30.1. The lowest BCUT2D eigenvalue weighted by molar-refractivity contribution is -0.130. The number of aliphatic hydroxyl groups excluding tert-OH is 3. The highest BCUT2D eigenvalue weighted by molar-refractivity contribution is 5.80. The average molecular weight is 303 g/mol. The number of likely N-dealkylation sites (tertiary alicyclic amines) is 1. The lowest BCUT2D eigenvalue weighted by Gasteiger charge is -2.35. The molecule has 1 fully saturated rings. The molecule has 1 rings (SSSR count). The van der Waals surface area contributed by atoms with E-state index in [9.17, 15) is 24.9 Å². The van der Waals surface area contributed by atoms with E-state index in [1.165, 1.54) is 4.90 Å². The minimum atomic E-state index is -1.40. The van der Waals surface area contributed by atoms with Crippen LogP contribution in [0.2, 0.25) is 0 Å². The molecule has 4 N–H and O–H groups in total. The van der Waals surface area contributed by atoms with Crippen molar-refractivity contribution >= 4 is 11.9 Å². The Labute approximate surface area is 124 Å². The minimum Gasteiger partial charge on any atom is -0.394 e. The summed E-state index contributed by atoms with van der Waals surface area (Å²) in [5.41, 5.74) is -1.40. The van der Waals surface area contributed by atoms with Gasteiger partial charge in [-0.1, -0.05) is 0 Å². The molecule has 0 aromatic rings. The van der Waals surface area contributed by atoms with Gasteiger partial charge in [-0.3, -0.25) is 4.79 Å². The van der Waals surface area contributed by atoms with Gasteiger partial charge in [0.15, 0.2) is 0 Å². The Bertz CT molecular complexity index is 355. The van der Waals surface area contributed by atoms with Crippen LogP contribution in [0.1, 0.15) is 12.8 Å². The maximum atomic E-state index is 12.1. The average Bonchev–Trinajstić information content (AvgIpc) is 2.52. The van der Waals surface area contributed by atoms with Crippen LogP contribution < -0.4 is 5.32 Å². The SMILES string of the molecule is CN(C)C(=O)N1CCC(C(=O)NC(CO)(CO)CO)CC1. The van der Waals surface area contributed by atoms with E-state index in [4.69, 9.17) is 0 Å². The number of hydrogen-bond acceptors (Lipinski definition) is 5. The number of amides is 3. The van der Waals surface area contributed by atoms with Gasteiger partial charge >= 0.3 is 6.03 Å². The third-order valence-electron chi connectivity index (χ3n) is 3.82. The smallest absolute Gasteiger partial charge is 0.319 e. The van der Waals surface area contributed by atoms with E-state index in [2.05, 4.69) is 5.32 Å². The number of rotatable bonds is 5. The van der Waals surface area contributed by atoms with Gasteiger partial charge in [0.1, 0.15) is 5.54 Å². The van der Waals surface area contributed by atoms with Gasteiger partial charge in [0.05, 0.1) is 19.8 Å². The Morgan fingerprint density at radius 1 is 1.14 bits per heavy atom. The summed E-state index contributed by atoms with van der Waals surface area (Å²) < 4.78 is 0. The molecule has 1 saturated heterocycles. The summed E-state index contributed by atoms with van der Waals surface area (Å²) in [6.07, 6.45) is 1.04. The highest BCUT2D eigenvalue weighted by atomic mass is 16.3. The first-order chi connectivity index (χ1) is 9.89. The van der Waals surface area contributed by atoms with Crippen molar-refractivity contribution in [1.29, 1.82) is 0 Å². The van der Waals surface area contributed by atoms with Crippen molar-refractivity contribution in [2.45, 2.75) is 18.4 Å². The van der Waals surface area contributed by atoms with Gasteiger partial charge in [-0.05, 0) is 12.8 Å². The molecule has 1 aliphatic rings. The summed E-state index contributed by atoms with van der Waals surface area (Å²) in [7, 11) is 3.36. The number of aliphatic hydroxyl groups is 3. The van der Waals surface area contributed by atoms with Crippen molar-refractivity contribution in [1.82, 2.24) is 15.1 Å². The largest absolute Gasteiger partial charge is 0.394 e. The van der Waals surface area contributed by atoms with E-state index in [-0.39, 0.29) is 17.9 Å². The van der Waals surface area contributed by atoms with E-state index in [0.717, 1.165) is 0 Å². The predicted molar refractivity (Wildman–Crippen MR) is 75.5 cm³/mol. The fraction of sp³-hybridized carbons (Fsp3) is 0.846. The molecule has 8 heteroatoms. The Morgan fingerprint density at radius 3 is 2.00 bits per heavy atom. The summed E-state index contributed by atoms with van der Waals surface area (Å²) >= 11 is 0. The van der Waals surface area contributed by atoms with Crippen LogP contribution in [0.15, 0.2) is 0 Å². The van der Waals surface area contributed by atoms with Crippen LogP contribution in [0.4, 0.5) is 4.79 Å². The van der Waals surface area contributed by atoms with Gasteiger partial charge in [-0.2, -0.15) is 0 Å². The molecule has 0 unspecified atom stereocenters. The van der Waals surface area contributed by atoms with E-state index >= 15 is 0 Å². The third-order valence-corrected chi connectivity index (χ3v) is 3.82. The normalized spacial score (nSPS) is 16.7. The molecule has 21 heavy (non-hydrogen) atoms. The maximum absolute atomic E-state index is 12.1. The molecule has 0 saturated carbocycles. The van der Waals surface area contributed by atoms with Crippen molar-refractivity contribution in [3.63, 3.8) is 0 Å². The fourth-order valence-electron chi connectivity index (χ4n) is 2.25. The second-order valence-electron chi connectivity index (χ2n) is 5.68. The summed E-state index contributed by atoms with van der Waals surface area (Å²) in [4.78, 5) is 27.1. The lowest BCUT2D eigenvalue weighted by atomic mass is 9.94. The number of piperidine rings is 1. The maximum Gasteiger partial charge on any atom is 0.319 e. The monoisotopic (exact) mass is 303 g/mol. The first-order valence-corrected chi connectivity index (χ1v) is 7.00. The van der Waals surface area contributed by atoms with E-state index < -0.39 is 25.4 Å². The quantitative estimate of drug-likeness (QED) is 0.479.